The van der Waals surface area contributed by atoms with Crippen LogP contribution in [-0.4, -0.2) is 18.8 Å². The molecule has 1 aliphatic carbocycles. The Labute approximate surface area is 118 Å². The maximum atomic E-state index is 12.6. The number of rotatable bonds is 0. The third-order valence-corrected chi connectivity index (χ3v) is 4.01. The van der Waals surface area contributed by atoms with E-state index in [4.69, 9.17) is 12.4 Å². The maximum Gasteiger partial charge on any atom is 0.195 e. The average Bonchev–Trinajstić information content (AvgIpc) is 2.83. The van der Waals surface area contributed by atoms with Crippen LogP contribution in [0.25, 0.3) is 22.2 Å². The van der Waals surface area contributed by atoms with E-state index in [2.05, 4.69) is 21.1 Å². The topological polar surface area (TPSA) is 43.1 Å². The fourth-order valence-corrected chi connectivity index (χ4v) is 3.16. The van der Waals surface area contributed by atoms with Crippen LogP contribution in [0, 0.1) is 0 Å². The van der Waals surface area contributed by atoms with Gasteiger partial charge in [-0.05, 0) is 0 Å². The van der Waals surface area contributed by atoms with Crippen molar-refractivity contribution < 1.29 is 9.32 Å². The van der Waals surface area contributed by atoms with E-state index in [1.54, 1.807) is 12.1 Å². The summed E-state index contributed by atoms with van der Waals surface area (Å²) in [5, 5.41) is 4.68. The average molecular weight is 310 g/mol. The Kier molecular flexibility index (Phi) is 2.07. The van der Waals surface area contributed by atoms with Gasteiger partial charge in [-0.15, -0.1) is 0 Å². The summed E-state index contributed by atoms with van der Waals surface area (Å²) in [6.07, 6.45) is 0. The zero-order chi connectivity index (χ0) is 13.1. The van der Waals surface area contributed by atoms with E-state index < -0.39 is 0 Å². The molecule has 0 aliphatic heterocycles. The largest absolute Gasteiger partial charge is 0.355 e. The molecule has 1 heterocycles. The minimum absolute atomic E-state index is 0.0387. The SMILES string of the molecule is [B]c1cc(Br)c2c3c(onc13)-c1ccccc1C2=O. The molecule has 0 amide bonds. The smallest absolute Gasteiger partial charge is 0.195 e. The van der Waals surface area contributed by atoms with Gasteiger partial charge in [0.15, 0.2) is 11.5 Å². The van der Waals surface area contributed by atoms with Crippen LogP contribution in [0.4, 0.5) is 0 Å². The predicted molar refractivity (Wildman–Crippen MR) is 76.0 cm³/mol. The molecule has 0 fully saturated rings. The Bertz CT molecular complexity index is 869. The molecule has 2 aromatic carbocycles. The number of halogens is 1. The van der Waals surface area contributed by atoms with Gasteiger partial charge >= 0.3 is 0 Å². The molecule has 2 radical (unpaired) electrons. The first-order valence-corrected chi connectivity index (χ1v) is 6.49. The number of carbonyl (C=O) groups is 1. The predicted octanol–water partition coefficient (Wildman–Crippen LogP) is 2.60. The van der Waals surface area contributed by atoms with Crippen molar-refractivity contribution in [3.05, 3.63) is 45.9 Å². The molecule has 0 atom stereocenters. The molecular weight excluding hydrogens is 305 g/mol. The summed E-state index contributed by atoms with van der Waals surface area (Å²) in [5.74, 6) is 0.566. The monoisotopic (exact) mass is 309 g/mol. The van der Waals surface area contributed by atoms with E-state index in [-0.39, 0.29) is 5.78 Å². The minimum atomic E-state index is -0.0387. The van der Waals surface area contributed by atoms with Gasteiger partial charge in [-0.1, -0.05) is 56.9 Å². The lowest BCUT2D eigenvalue weighted by atomic mass is 9.84. The molecule has 0 saturated carbocycles. The van der Waals surface area contributed by atoms with Gasteiger partial charge in [-0.2, -0.15) is 0 Å². The third kappa shape index (κ3) is 1.28. The third-order valence-electron chi connectivity index (χ3n) is 3.38. The molecule has 0 unspecified atom stereocenters. The van der Waals surface area contributed by atoms with Crippen molar-refractivity contribution in [2.45, 2.75) is 0 Å². The Morgan fingerprint density at radius 1 is 1.21 bits per heavy atom. The fraction of sp³-hybridized carbons (Fsp3) is 0. The maximum absolute atomic E-state index is 12.6. The van der Waals surface area contributed by atoms with Crippen molar-refractivity contribution in [1.82, 2.24) is 5.16 Å². The van der Waals surface area contributed by atoms with Crippen LogP contribution >= 0.6 is 15.9 Å². The summed E-state index contributed by atoms with van der Waals surface area (Å²) in [5.41, 5.74) is 2.99. The van der Waals surface area contributed by atoms with E-state index in [0.717, 1.165) is 5.56 Å². The van der Waals surface area contributed by atoms with E-state index in [1.165, 1.54) is 0 Å². The van der Waals surface area contributed by atoms with Crippen LogP contribution in [0.3, 0.4) is 0 Å². The molecule has 88 valence electrons. The highest BCUT2D eigenvalue weighted by atomic mass is 79.9. The van der Waals surface area contributed by atoms with Crippen molar-refractivity contribution in [1.29, 1.82) is 0 Å². The van der Waals surface area contributed by atoms with Gasteiger partial charge in [0.05, 0.1) is 10.9 Å². The summed E-state index contributed by atoms with van der Waals surface area (Å²) >= 11 is 3.40. The van der Waals surface area contributed by atoms with Gasteiger partial charge in [0, 0.05) is 15.6 Å². The normalized spacial score (nSPS) is 12.8. The van der Waals surface area contributed by atoms with Crippen LogP contribution in [-0.2, 0) is 0 Å². The highest BCUT2D eigenvalue weighted by Crippen LogP contribution is 2.41. The molecule has 0 bridgehead atoms. The number of hydrogen-bond acceptors (Lipinski definition) is 3. The van der Waals surface area contributed by atoms with Crippen LogP contribution in [0.15, 0.2) is 39.3 Å². The fourth-order valence-electron chi connectivity index (χ4n) is 2.54. The lowest BCUT2D eigenvalue weighted by Gasteiger charge is -2.15. The quantitative estimate of drug-likeness (QED) is 0.469. The first-order chi connectivity index (χ1) is 9.18. The zero-order valence-corrected chi connectivity index (χ0v) is 11.2. The summed E-state index contributed by atoms with van der Waals surface area (Å²) in [6.45, 7) is 0. The van der Waals surface area contributed by atoms with E-state index >= 15 is 0 Å². The van der Waals surface area contributed by atoms with Gasteiger partial charge in [0.2, 0.25) is 0 Å². The van der Waals surface area contributed by atoms with Crippen molar-refractivity contribution >= 4 is 45.9 Å². The van der Waals surface area contributed by atoms with Crippen LogP contribution in [0.5, 0.6) is 0 Å². The van der Waals surface area contributed by atoms with Crippen molar-refractivity contribution in [2.24, 2.45) is 0 Å². The lowest BCUT2D eigenvalue weighted by molar-refractivity contribution is 0.103. The van der Waals surface area contributed by atoms with Crippen molar-refractivity contribution in [2.75, 3.05) is 0 Å². The molecule has 0 spiro atoms. The molecule has 1 aliphatic rings. The number of ketones is 1. The number of nitrogens with zero attached hydrogens (tertiary/aromatic N) is 1. The first-order valence-electron chi connectivity index (χ1n) is 5.70. The molecular formula is C14H5BBrNO2. The molecule has 0 N–H and O–H groups in total. The number of benzene rings is 2. The lowest BCUT2D eigenvalue weighted by Crippen LogP contribution is -2.13. The summed E-state index contributed by atoms with van der Waals surface area (Å²) < 4.78 is 6.07. The number of aromatic nitrogens is 1. The van der Waals surface area contributed by atoms with Gasteiger partial charge < -0.3 is 4.52 Å². The van der Waals surface area contributed by atoms with Gasteiger partial charge in [0.1, 0.15) is 13.4 Å². The molecule has 4 rings (SSSR count). The van der Waals surface area contributed by atoms with Crippen LogP contribution in [0.2, 0.25) is 0 Å². The van der Waals surface area contributed by atoms with Gasteiger partial charge in [-0.25, -0.2) is 0 Å². The van der Waals surface area contributed by atoms with Crippen molar-refractivity contribution in [3.63, 3.8) is 0 Å². The highest BCUT2D eigenvalue weighted by molar-refractivity contribution is 9.10. The Balaban J connectivity index is 2.28. The molecule has 5 heteroatoms. The van der Waals surface area contributed by atoms with Gasteiger partial charge in [0.25, 0.3) is 0 Å². The summed E-state index contributed by atoms with van der Waals surface area (Å²) in [7, 11) is 5.92. The van der Waals surface area contributed by atoms with E-state index in [1.807, 2.05) is 18.2 Å². The van der Waals surface area contributed by atoms with Crippen LogP contribution < -0.4 is 5.46 Å². The minimum Gasteiger partial charge on any atom is -0.355 e. The van der Waals surface area contributed by atoms with E-state index in [9.17, 15) is 4.79 Å². The Morgan fingerprint density at radius 2 is 1.95 bits per heavy atom. The molecule has 3 aromatic rings. The number of fused-ring (bicyclic) bond motifs is 2. The number of carbonyl (C=O) groups excluding carboxylic acids is 1. The Hall–Kier alpha value is -1.88. The zero-order valence-electron chi connectivity index (χ0n) is 9.61. The summed E-state index contributed by atoms with van der Waals surface area (Å²) in [4.78, 5) is 12.6. The highest BCUT2D eigenvalue weighted by Gasteiger charge is 2.31. The molecule has 0 saturated heterocycles. The molecule has 3 nitrogen and oxygen atoms in total. The second kappa shape index (κ2) is 3.57. The molecule has 19 heavy (non-hydrogen) atoms. The standard InChI is InChI=1S/C14H5BBrNO2/c15-8-5-9(16)10-11-12(8)17-19-14(11)7-4-2-1-3-6(7)13(10)18/h1-5H. The van der Waals surface area contributed by atoms with Gasteiger partial charge in [-0.3, -0.25) is 4.79 Å². The summed E-state index contributed by atoms with van der Waals surface area (Å²) in [6, 6.07) is 9.04. The van der Waals surface area contributed by atoms with Crippen LogP contribution in [0.1, 0.15) is 15.9 Å². The van der Waals surface area contributed by atoms with Crippen molar-refractivity contribution in [3.8, 4) is 11.3 Å². The Morgan fingerprint density at radius 3 is 2.74 bits per heavy atom. The van der Waals surface area contributed by atoms with E-state index in [0.29, 0.717) is 37.7 Å². The first kappa shape index (κ1) is 11.0. The second-order valence-electron chi connectivity index (χ2n) is 4.43. The number of hydrogen-bond donors (Lipinski definition) is 0. The molecule has 1 aromatic heterocycles. The second-order valence-corrected chi connectivity index (χ2v) is 5.29.